The van der Waals surface area contributed by atoms with Gasteiger partial charge in [0.1, 0.15) is 11.4 Å². The summed E-state index contributed by atoms with van der Waals surface area (Å²) in [5.74, 6) is 0.521. The molecule has 0 bridgehead atoms. The Labute approximate surface area is 121 Å². The number of ether oxygens (including phenoxy) is 1. The van der Waals surface area contributed by atoms with Gasteiger partial charge >= 0.3 is 6.09 Å². The number of carbonyl (C=O) groups excluding carboxylic acids is 2. The lowest BCUT2D eigenvalue weighted by molar-refractivity contribution is -0.128. The minimum absolute atomic E-state index is 0.141. The summed E-state index contributed by atoms with van der Waals surface area (Å²) >= 11 is 0. The second-order valence-electron chi connectivity index (χ2n) is 7.58. The van der Waals surface area contributed by atoms with Crippen LogP contribution in [-0.4, -0.2) is 35.5 Å². The van der Waals surface area contributed by atoms with Crippen molar-refractivity contribution in [3.8, 4) is 0 Å². The van der Waals surface area contributed by atoms with Crippen molar-refractivity contribution < 1.29 is 14.3 Å². The van der Waals surface area contributed by atoms with Crippen LogP contribution >= 0.6 is 0 Å². The molecule has 2 fully saturated rings. The van der Waals surface area contributed by atoms with E-state index in [1.54, 1.807) is 0 Å². The number of Topliss-reactive ketones (excluding diaryl/α,β-unsaturated/α-hetero) is 1. The first-order valence-corrected chi connectivity index (χ1v) is 7.71. The van der Waals surface area contributed by atoms with Gasteiger partial charge in [-0.1, -0.05) is 6.92 Å². The quantitative estimate of drug-likeness (QED) is 0.683. The van der Waals surface area contributed by atoms with E-state index in [9.17, 15) is 9.59 Å². The van der Waals surface area contributed by atoms with Crippen molar-refractivity contribution in [3.05, 3.63) is 0 Å². The highest BCUT2D eigenvalue weighted by molar-refractivity contribution is 5.81. The van der Waals surface area contributed by atoms with Crippen LogP contribution in [0.3, 0.4) is 0 Å². The third-order valence-corrected chi connectivity index (χ3v) is 4.50. The van der Waals surface area contributed by atoms with E-state index in [-0.39, 0.29) is 17.4 Å². The maximum absolute atomic E-state index is 12.2. The molecule has 2 rings (SSSR count). The van der Waals surface area contributed by atoms with Crippen LogP contribution in [0.5, 0.6) is 0 Å². The third-order valence-electron chi connectivity index (χ3n) is 4.50. The number of nitrogens with zero attached hydrogens (tertiary/aromatic N) is 1. The van der Waals surface area contributed by atoms with E-state index >= 15 is 0 Å². The molecular formula is C16H27NO3. The fraction of sp³-hybridized carbons (Fsp3) is 0.875. The summed E-state index contributed by atoms with van der Waals surface area (Å²) in [4.78, 5) is 25.8. The summed E-state index contributed by atoms with van der Waals surface area (Å²) < 4.78 is 5.48. The first-order chi connectivity index (χ1) is 9.21. The number of amides is 1. The number of carbonyl (C=O) groups is 2. The number of hydrogen-bond donors (Lipinski definition) is 0. The number of ketones is 1. The zero-order chi connectivity index (χ0) is 15.0. The Morgan fingerprint density at radius 2 is 2.05 bits per heavy atom. The molecule has 20 heavy (non-hydrogen) atoms. The molecule has 0 aromatic heterocycles. The summed E-state index contributed by atoms with van der Waals surface area (Å²) in [6.45, 7) is 9.23. The Kier molecular flexibility index (Phi) is 4.12. The van der Waals surface area contributed by atoms with Crippen molar-refractivity contribution in [2.45, 2.75) is 65.4 Å². The molecule has 4 nitrogen and oxygen atoms in total. The van der Waals surface area contributed by atoms with Crippen molar-refractivity contribution in [2.75, 3.05) is 13.1 Å². The van der Waals surface area contributed by atoms with Crippen LogP contribution in [0.4, 0.5) is 4.79 Å². The first kappa shape index (κ1) is 15.3. The number of piperidine rings is 1. The molecule has 4 heteroatoms. The molecule has 0 aromatic carbocycles. The highest BCUT2D eigenvalue weighted by atomic mass is 16.6. The maximum atomic E-state index is 12.2. The standard InChI is InChI=1S/C16H27NO3/c1-12-10-16(8-6-13(12)18)7-5-9-17(11-16)14(19)20-15(2,3)4/h12H,5-11H2,1-4H3. The van der Waals surface area contributed by atoms with E-state index < -0.39 is 5.60 Å². The van der Waals surface area contributed by atoms with Gasteiger partial charge in [-0.15, -0.1) is 0 Å². The number of hydrogen-bond acceptors (Lipinski definition) is 3. The molecule has 1 amide bonds. The van der Waals surface area contributed by atoms with Crippen LogP contribution in [0.25, 0.3) is 0 Å². The molecule has 1 saturated heterocycles. The number of likely N-dealkylation sites (tertiary alicyclic amines) is 1. The smallest absolute Gasteiger partial charge is 0.410 e. The van der Waals surface area contributed by atoms with Crippen molar-refractivity contribution in [1.82, 2.24) is 4.90 Å². The van der Waals surface area contributed by atoms with Crippen molar-refractivity contribution in [1.29, 1.82) is 0 Å². The fourth-order valence-electron chi connectivity index (χ4n) is 3.56. The second kappa shape index (κ2) is 5.38. The summed E-state index contributed by atoms with van der Waals surface area (Å²) in [6.07, 6.45) is 4.45. The van der Waals surface area contributed by atoms with Gasteiger partial charge in [-0.3, -0.25) is 4.79 Å². The molecule has 0 aromatic rings. The van der Waals surface area contributed by atoms with Gasteiger partial charge in [-0.25, -0.2) is 4.79 Å². The van der Waals surface area contributed by atoms with Gasteiger partial charge in [0.05, 0.1) is 0 Å². The van der Waals surface area contributed by atoms with E-state index in [0.29, 0.717) is 12.2 Å². The number of rotatable bonds is 0. The second-order valence-corrected chi connectivity index (χ2v) is 7.58. The summed E-state index contributed by atoms with van der Waals surface area (Å²) in [6, 6.07) is 0. The van der Waals surface area contributed by atoms with Gasteiger partial charge in [-0.05, 0) is 51.9 Å². The first-order valence-electron chi connectivity index (χ1n) is 7.71. The average molecular weight is 281 g/mol. The monoisotopic (exact) mass is 281 g/mol. The van der Waals surface area contributed by atoms with Gasteiger partial charge in [0, 0.05) is 25.4 Å². The predicted octanol–water partition coefficient (Wildman–Crippen LogP) is 3.39. The molecule has 2 unspecified atom stereocenters. The molecule has 0 radical (unpaired) electrons. The van der Waals surface area contributed by atoms with Crippen LogP contribution in [0, 0.1) is 11.3 Å². The lowest BCUT2D eigenvalue weighted by Gasteiger charge is -2.46. The Bertz CT molecular complexity index is 399. The van der Waals surface area contributed by atoms with Crippen LogP contribution < -0.4 is 0 Å². The molecular weight excluding hydrogens is 254 g/mol. The van der Waals surface area contributed by atoms with Crippen LogP contribution in [0.2, 0.25) is 0 Å². The van der Waals surface area contributed by atoms with Gasteiger partial charge in [0.25, 0.3) is 0 Å². The molecule has 114 valence electrons. The highest BCUT2D eigenvalue weighted by Crippen LogP contribution is 2.44. The normalized spacial score (nSPS) is 31.5. The van der Waals surface area contributed by atoms with Crippen molar-refractivity contribution in [2.24, 2.45) is 11.3 Å². The zero-order valence-electron chi connectivity index (χ0n) is 13.2. The third kappa shape index (κ3) is 3.53. The molecule has 2 atom stereocenters. The van der Waals surface area contributed by atoms with Gasteiger partial charge in [0.2, 0.25) is 0 Å². The highest BCUT2D eigenvalue weighted by Gasteiger charge is 2.43. The largest absolute Gasteiger partial charge is 0.444 e. The van der Waals surface area contributed by atoms with Crippen LogP contribution in [0.15, 0.2) is 0 Å². The summed E-state index contributed by atoms with van der Waals surface area (Å²) in [5, 5.41) is 0. The van der Waals surface area contributed by atoms with Gasteiger partial charge in [-0.2, -0.15) is 0 Å². The van der Waals surface area contributed by atoms with Gasteiger partial charge in [0.15, 0.2) is 0 Å². The van der Waals surface area contributed by atoms with E-state index in [4.69, 9.17) is 4.74 Å². The topological polar surface area (TPSA) is 46.6 Å². The zero-order valence-corrected chi connectivity index (χ0v) is 13.2. The Balaban J connectivity index is 2.01. The summed E-state index contributed by atoms with van der Waals surface area (Å²) in [5.41, 5.74) is -0.306. The van der Waals surface area contributed by atoms with E-state index in [2.05, 4.69) is 0 Å². The Morgan fingerprint density at radius 3 is 2.65 bits per heavy atom. The molecule has 2 aliphatic rings. The predicted molar refractivity (Wildman–Crippen MR) is 77.5 cm³/mol. The maximum Gasteiger partial charge on any atom is 0.410 e. The SMILES string of the molecule is CC1CC2(CCCN(C(=O)OC(C)(C)C)C2)CCC1=O. The molecule has 0 N–H and O–H groups in total. The minimum atomic E-state index is -0.447. The minimum Gasteiger partial charge on any atom is -0.444 e. The lowest BCUT2D eigenvalue weighted by Crippen LogP contribution is -2.50. The lowest BCUT2D eigenvalue weighted by atomic mass is 9.65. The molecule has 1 aliphatic heterocycles. The fourth-order valence-corrected chi connectivity index (χ4v) is 3.56. The van der Waals surface area contributed by atoms with E-state index in [0.717, 1.165) is 38.8 Å². The van der Waals surface area contributed by atoms with Gasteiger partial charge < -0.3 is 9.64 Å². The molecule has 1 aliphatic carbocycles. The Hall–Kier alpha value is -1.06. The van der Waals surface area contributed by atoms with E-state index in [1.807, 2.05) is 32.6 Å². The van der Waals surface area contributed by atoms with Crippen LogP contribution in [0.1, 0.15) is 59.8 Å². The van der Waals surface area contributed by atoms with Crippen molar-refractivity contribution in [3.63, 3.8) is 0 Å². The summed E-state index contributed by atoms with van der Waals surface area (Å²) in [7, 11) is 0. The molecule has 1 spiro atoms. The Morgan fingerprint density at radius 1 is 1.35 bits per heavy atom. The van der Waals surface area contributed by atoms with Crippen LogP contribution in [-0.2, 0) is 9.53 Å². The molecule has 1 heterocycles. The van der Waals surface area contributed by atoms with Crippen molar-refractivity contribution >= 4 is 11.9 Å². The van der Waals surface area contributed by atoms with E-state index in [1.165, 1.54) is 0 Å². The average Bonchev–Trinajstić information content (AvgIpc) is 2.33. The molecule has 1 saturated carbocycles.